The van der Waals surface area contributed by atoms with Crippen LogP contribution in [-0.4, -0.2) is 118 Å². The van der Waals surface area contributed by atoms with Crippen LogP contribution in [0.3, 0.4) is 0 Å². The van der Waals surface area contributed by atoms with Crippen molar-refractivity contribution < 1.29 is 62.0 Å². The van der Waals surface area contributed by atoms with E-state index >= 15 is 0 Å². The zero-order chi connectivity index (χ0) is 45.5. The van der Waals surface area contributed by atoms with E-state index in [4.69, 9.17) is 52.5 Å². The van der Waals surface area contributed by atoms with Crippen LogP contribution < -0.4 is 25.2 Å². The molecule has 4 aromatic rings. The number of oxime groups is 2. The highest BCUT2D eigenvalue weighted by Crippen LogP contribution is 2.25. The summed E-state index contributed by atoms with van der Waals surface area (Å²) in [6.07, 6.45) is -0.272. The van der Waals surface area contributed by atoms with Gasteiger partial charge in [-0.1, -0.05) is 71.0 Å². The Labute approximate surface area is 367 Å². The average Bonchev–Trinajstić information content (AvgIpc) is 3.83. The van der Waals surface area contributed by atoms with Gasteiger partial charge in [0, 0.05) is 43.4 Å². The summed E-state index contributed by atoms with van der Waals surface area (Å²) in [6, 6.07) is 25.0. The van der Waals surface area contributed by atoms with Crippen LogP contribution in [-0.2, 0) is 51.5 Å². The Balaban J connectivity index is 0.000000229. The number of rotatable bonds is 20. The van der Waals surface area contributed by atoms with Gasteiger partial charge in [-0.05, 0) is 44.9 Å². The monoisotopic (exact) mass is 882 g/mol. The number of nitrogens with zero attached hydrogens (tertiary/aromatic N) is 4. The Hall–Kier alpha value is -5.35. The molecule has 344 valence electrons. The summed E-state index contributed by atoms with van der Waals surface area (Å²) >= 11 is 0. The molecule has 0 bridgehead atoms. The molecule has 19 heteroatoms. The normalized spacial score (nSPS) is 17.7. The smallest absolute Gasteiger partial charge is 0.216 e. The molecule has 2 aliphatic rings. The highest BCUT2D eigenvalue weighted by molar-refractivity contribution is 6.03. The summed E-state index contributed by atoms with van der Waals surface area (Å²) in [7, 11) is 6.33. The molecule has 2 unspecified atom stereocenters. The summed E-state index contributed by atoms with van der Waals surface area (Å²) in [5, 5.41) is 17.2. The molecule has 0 amide bonds. The van der Waals surface area contributed by atoms with Crippen LogP contribution in [0.5, 0.6) is 17.6 Å². The van der Waals surface area contributed by atoms with Crippen molar-refractivity contribution in [1.29, 1.82) is 0 Å². The fourth-order valence-electron chi connectivity index (χ4n) is 5.90. The first kappa shape index (κ1) is 50.3. The van der Waals surface area contributed by atoms with Crippen molar-refractivity contribution in [3.63, 3.8) is 0 Å². The summed E-state index contributed by atoms with van der Waals surface area (Å²) in [4.78, 5) is 28.0. The molecule has 2 aliphatic heterocycles. The molecule has 2 fully saturated rings. The number of hydrogen-bond acceptors (Lipinski definition) is 18. The number of pyridine rings is 2. The molecular formula is C44H59FN6O12. The first-order chi connectivity index (χ1) is 30.4. The second-order valence-electron chi connectivity index (χ2n) is 14.3. The molecule has 4 heterocycles. The van der Waals surface area contributed by atoms with Crippen molar-refractivity contribution in [1.82, 2.24) is 20.9 Å². The largest absolute Gasteiger partial charge is 0.475 e. The Bertz CT molecular complexity index is 2020. The van der Waals surface area contributed by atoms with Crippen molar-refractivity contribution >= 4 is 11.4 Å². The Morgan fingerprint density at radius 3 is 1.59 bits per heavy atom. The van der Waals surface area contributed by atoms with E-state index in [-0.39, 0.29) is 37.9 Å². The minimum Gasteiger partial charge on any atom is -0.475 e. The van der Waals surface area contributed by atoms with Crippen LogP contribution in [0.2, 0.25) is 0 Å². The lowest BCUT2D eigenvalue weighted by Crippen LogP contribution is -2.25. The van der Waals surface area contributed by atoms with E-state index in [1.54, 1.807) is 38.4 Å². The minimum absolute atomic E-state index is 0.0432. The van der Waals surface area contributed by atoms with E-state index in [1.807, 2.05) is 82.3 Å². The van der Waals surface area contributed by atoms with E-state index in [2.05, 4.69) is 31.2 Å². The molecule has 0 saturated carbocycles. The minimum atomic E-state index is -0.580. The second kappa shape index (κ2) is 26.3. The molecule has 6 rings (SSSR count). The zero-order valence-corrected chi connectivity index (χ0v) is 37.0. The van der Waals surface area contributed by atoms with Gasteiger partial charge in [-0.3, -0.25) is 9.68 Å². The predicted octanol–water partition coefficient (Wildman–Crippen LogP) is 5.12. The number of hydrogen-bond donors (Lipinski definition) is 3. The number of nitrogens with one attached hydrogen (secondary N) is 2. The first-order valence-electron chi connectivity index (χ1n) is 20.0. The Morgan fingerprint density at radius 1 is 0.667 bits per heavy atom. The SMILES string of the molecule is CC1(C)OCC(COc2cccc(F)n2)O1.CNOC/C(=N\OC)c1ccccc1CO.CNOC/C(=N\OC)c1ccccc1COc1cccc(OCC2COC(C)(C)O2)n1. The highest BCUT2D eigenvalue weighted by Gasteiger charge is 2.34. The maximum atomic E-state index is 12.7. The third kappa shape index (κ3) is 17.7. The fourth-order valence-corrected chi connectivity index (χ4v) is 5.90. The number of aromatic nitrogens is 2. The summed E-state index contributed by atoms with van der Waals surface area (Å²) < 4.78 is 51.9. The van der Waals surface area contributed by atoms with Gasteiger partial charge in [0.25, 0.3) is 0 Å². The molecule has 0 spiro atoms. The standard InChI is InChI=1S/C22H29N3O6.C11H14FNO3.C11H16N2O3/c1-22(2)29-14-17(31-22)13-28-21-11-7-10-20(24-21)27-12-16-8-5-6-9-18(16)19(25-26-4)15-30-23-3;1-11(2)15-7-8(16-11)6-14-10-5-3-4-9(12)13-10;1-12-16-8-11(13-15-2)10-6-4-3-5-9(10)7-14/h5-11,17,23H,12-15H2,1-4H3;3-5,8H,6-7H2,1-2H3;3-6,12,14H,7-8H2,1-2H3/b25-19+;;13-11+. The van der Waals surface area contributed by atoms with Gasteiger partial charge in [0.2, 0.25) is 23.6 Å². The van der Waals surface area contributed by atoms with Gasteiger partial charge in [0.1, 0.15) is 70.9 Å². The second-order valence-corrected chi connectivity index (χ2v) is 14.3. The van der Waals surface area contributed by atoms with E-state index < -0.39 is 17.5 Å². The maximum absolute atomic E-state index is 12.7. The van der Waals surface area contributed by atoms with Crippen LogP contribution in [0.4, 0.5) is 4.39 Å². The van der Waals surface area contributed by atoms with E-state index in [0.717, 1.165) is 22.3 Å². The number of benzene rings is 2. The van der Waals surface area contributed by atoms with Crippen molar-refractivity contribution in [2.45, 2.75) is 64.7 Å². The highest BCUT2D eigenvalue weighted by atomic mass is 19.1. The predicted molar refractivity (Wildman–Crippen MR) is 229 cm³/mol. The van der Waals surface area contributed by atoms with Gasteiger partial charge in [-0.2, -0.15) is 14.4 Å². The quantitative estimate of drug-likeness (QED) is 0.0600. The maximum Gasteiger partial charge on any atom is 0.216 e. The molecule has 2 aromatic heterocycles. The van der Waals surface area contributed by atoms with Crippen molar-refractivity contribution in [3.8, 4) is 17.6 Å². The third-order valence-electron chi connectivity index (χ3n) is 8.67. The summed E-state index contributed by atoms with van der Waals surface area (Å²) in [6.45, 7) is 9.82. The van der Waals surface area contributed by atoms with Crippen molar-refractivity contribution in [3.05, 3.63) is 113 Å². The van der Waals surface area contributed by atoms with Gasteiger partial charge in [-0.15, -0.1) is 0 Å². The van der Waals surface area contributed by atoms with Crippen LogP contribution in [0.1, 0.15) is 49.9 Å². The van der Waals surface area contributed by atoms with E-state index in [0.29, 0.717) is 56.2 Å². The van der Waals surface area contributed by atoms with Crippen molar-refractivity contribution in [2.75, 3.05) is 68.0 Å². The van der Waals surface area contributed by atoms with Gasteiger partial charge in [-0.25, -0.2) is 11.0 Å². The lowest BCUT2D eigenvalue weighted by molar-refractivity contribution is -0.142. The number of aliphatic hydroxyl groups excluding tert-OH is 1. The molecule has 0 aliphatic carbocycles. The number of aliphatic hydroxyl groups is 1. The third-order valence-corrected chi connectivity index (χ3v) is 8.67. The molecule has 63 heavy (non-hydrogen) atoms. The topological polar surface area (TPSA) is 196 Å². The molecule has 2 saturated heterocycles. The van der Waals surface area contributed by atoms with Gasteiger partial charge in [0.05, 0.1) is 19.8 Å². The lowest BCUT2D eigenvalue weighted by Gasteiger charge is -2.17. The zero-order valence-electron chi connectivity index (χ0n) is 37.0. The number of halogens is 1. The Morgan fingerprint density at radius 2 is 1.13 bits per heavy atom. The molecule has 2 atom stereocenters. The molecule has 18 nitrogen and oxygen atoms in total. The van der Waals surface area contributed by atoms with Gasteiger partial charge < -0.3 is 47.9 Å². The van der Waals surface area contributed by atoms with Crippen LogP contribution >= 0.6 is 0 Å². The fraction of sp³-hybridized carbons (Fsp3) is 0.455. The van der Waals surface area contributed by atoms with Gasteiger partial charge >= 0.3 is 0 Å². The van der Waals surface area contributed by atoms with E-state index in [1.165, 1.54) is 20.3 Å². The first-order valence-corrected chi connectivity index (χ1v) is 20.0. The Kier molecular flexibility index (Phi) is 21.0. The number of hydroxylamine groups is 2. The molecule has 2 aromatic carbocycles. The lowest BCUT2D eigenvalue weighted by atomic mass is 10.0. The average molecular weight is 883 g/mol. The summed E-state index contributed by atoms with van der Waals surface area (Å²) in [5.41, 5.74) is 9.87. The van der Waals surface area contributed by atoms with Crippen LogP contribution in [0.15, 0.2) is 95.2 Å². The van der Waals surface area contributed by atoms with Crippen LogP contribution in [0, 0.1) is 5.95 Å². The van der Waals surface area contributed by atoms with E-state index in [9.17, 15) is 9.50 Å². The molecular weight excluding hydrogens is 824 g/mol. The van der Waals surface area contributed by atoms with Crippen LogP contribution in [0.25, 0.3) is 0 Å². The molecule has 0 radical (unpaired) electrons. The van der Waals surface area contributed by atoms with Crippen molar-refractivity contribution in [2.24, 2.45) is 10.3 Å². The molecule has 3 N–H and O–H groups in total. The number of ether oxygens (including phenoxy) is 7. The van der Waals surface area contributed by atoms with Gasteiger partial charge in [0.15, 0.2) is 11.6 Å². The summed E-state index contributed by atoms with van der Waals surface area (Å²) in [5.74, 6) is -0.530.